The van der Waals surface area contributed by atoms with E-state index in [1.807, 2.05) is 31.2 Å². The molecule has 10 heteroatoms. The summed E-state index contributed by atoms with van der Waals surface area (Å²) in [4.78, 5) is 24.7. The molecular formula is C22H24N4O5S. The van der Waals surface area contributed by atoms with Gasteiger partial charge in [0.25, 0.3) is 0 Å². The molecule has 2 amide bonds. The molecule has 0 aliphatic carbocycles. The molecule has 168 valence electrons. The third kappa shape index (κ3) is 5.79. The standard InChI is InChI=1S/C22H24N4O5S/c1-13(14-5-7-15(29-2)8-6-14)25-26-22-24-21(28)19(32-22)12-20(27)23-17-10-9-16(30-3)11-18(17)31-4/h5-11,19H,12H2,1-4H3,(H,23,27)(H,24,26,28)/b25-13-/t19-/m1/s1. The van der Waals surface area contributed by atoms with E-state index in [1.54, 1.807) is 32.4 Å². The number of thioether (sulfide) groups is 1. The van der Waals surface area contributed by atoms with Crippen molar-refractivity contribution < 1.29 is 23.8 Å². The van der Waals surface area contributed by atoms with E-state index in [0.29, 0.717) is 28.1 Å². The van der Waals surface area contributed by atoms with E-state index in [9.17, 15) is 9.59 Å². The van der Waals surface area contributed by atoms with Crippen molar-refractivity contribution in [2.45, 2.75) is 18.6 Å². The number of benzene rings is 2. The van der Waals surface area contributed by atoms with Crippen LogP contribution in [0.4, 0.5) is 5.69 Å². The largest absolute Gasteiger partial charge is 0.497 e. The highest BCUT2D eigenvalue weighted by molar-refractivity contribution is 8.15. The number of hydrogen-bond donors (Lipinski definition) is 2. The van der Waals surface area contributed by atoms with Gasteiger partial charge in [0.15, 0.2) is 5.17 Å². The summed E-state index contributed by atoms with van der Waals surface area (Å²) in [5.74, 6) is 1.21. The number of carbonyl (C=O) groups is 2. The number of rotatable bonds is 8. The van der Waals surface area contributed by atoms with E-state index in [-0.39, 0.29) is 18.2 Å². The fourth-order valence-corrected chi connectivity index (χ4v) is 3.79. The van der Waals surface area contributed by atoms with Gasteiger partial charge in [-0.3, -0.25) is 9.59 Å². The average Bonchev–Trinajstić information content (AvgIpc) is 3.16. The molecule has 2 N–H and O–H groups in total. The van der Waals surface area contributed by atoms with Crippen LogP contribution in [-0.2, 0) is 9.59 Å². The summed E-state index contributed by atoms with van der Waals surface area (Å²) in [6.45, 7) is 1.82. The van der Waals surface area contributed by atoms with Crippen LogP contribution in [-0.4, -0.2) is 49.3 Å². The molecular weight excluding hydrogens is 432 g/mol. The second kappa shape index (κ2) is 10.7. The molecule has 2 aromatic rings. The van der Waals surface area contributed by atoms with Crippen molar-refractivity contribution in [2.24, 2.45) is 10.2 Å². The second-order valence-corrected chi connectivity index (χ2v) is 7.92. The van der Waals surface area contributed by atoms with Gasteiger partial charge in [0.2, 0.25) is 11.8 Å². The van der Waals surface area contributed by atoms with Gasteiger partial charge in [0, 0.05) is 12.5 Å². The Kier molecular flexibility index (Phi) is 7.72. The topological polar surface area (TPSA) is 111 Å². The maximum atomic E-state index is 12.5. The van der Waals surface area contributed by atoms with Crippen molar-refractivity contribution in [2.75, 3.05) is 26.6 Å². The first-order chi connectivity index (χ1) is 15.4. The average molecular weight is 457 g/mol. The van der Waals surface area contributed by atoms with Gasteiger partial charge in [0.05, 0.1) is 32.7 Å². The zero-order chi connectivity index (χ0) is 23.1. The zero-order valence-electron chi connectivity index (χ0n) is 18.2. The molecule has 0 radical (unpaired) electrons. The number of hydrogen-bond acceptors (Lipinski definition) is 8. The predicted octanol–water partition coefficient (Wildman–Crippen LogP) is 3.05. The highest BCUT2D eigenvalue weighted by Gasteiger charge is 2.32. The van der Waals surface area contributed by atoms with Crippen molar-refractivity contribution in [3.8, 4) is 17.2 Å². The Balaban J connectivity index is 1.61. The molecule has 0 saturated carbocycles. The molecule has 9 nitrogen and oxygen atoms in total. The molecule has 2 aromatic carbocycles. The van der Waals surface area contributed by atoms with E-state index >= 15 is 0 Å². The van der Waals surface area contributed by atoms with Gasteiger partial charge < -0.3 is 24.8 Å². The smallest absolute Gasteiger partial charge is 0.240 e. The molecule has 1 heterocycles. The summed E-state index contributed by atoms with van der Waals surface area (Å²) in [5, 5.41) is 13.5. The summed E-state index contributed by atoms with van der Waals surface area (Å²) in [7, 11) is 4.65. The Bertz CT molecular complexity index is 1050. The van der Waals surface area contributed by atoms with E-state index < -0.39 is 5.25 Å². The lowest BCUT2D eigenvalue weighted by molar-refractivity contribution is -0.122. The number of ether oxygens (including phenoxy) is 3. The second-order valence-electron chi connectivity index (χ2n) is 6.73. The number of anilines is 1. The van der Waals surface area contributed by atoms with Gasteiger partial charge in [-0.25, -0.2) is 0 Å². The van der Waals surface area contributed by atoms with Crippen LogP contribution in [0.15, 0.2) is 52.7 Å². The summed E-state index contributed by atoms with van der Waals surface area (Å²) < 4.78 is 15.6. The molecule has 1 atom stereocenters. The van der Waals surface area contributed by atoms with Crippen molar-refractivity contribution in [1.82, 2.24) is 5.32 Å². The molecule has 1 fully saturated rings. The number of amides is 2. The highest BCUT2D eigenvalue weighted by Crippen LogP contribution is 2.30. The number of methoxy groups -OCH3 is 3. The van der Waals surface area contributed by atoms with E-state index in [2.05, 4.69) is 20.8 Å². The Hall–Kier alpha value is -3.53. The van der Waals surface area contributed by atoms with Gasteiger partial charge in [0.1, 0.15) is 22.5 Å². The van der Waals surface area contributed by atoms with Crippen LogP contribution in [0.1, 0.15) is 18.9 Å². The van der Waals surface area contributed by atoms with Gasteiger partial charge in [-0.05, 0) is 48.9 Å². The molecule has 0 unspecified atom stereocenters. The fourth-order valence-electron chi connectivity index (χ4n) is 2.87. The Labute approximate surface area is 190 Å². The van der Waals surface area contributed by atoms with Gasteiger partial charge in [-0.2, -0.15) is 5.10 Å². The lowest BCUT2D eigenvalue weighted by Crippen LogP contribution is -2.28. The van der Waals surface area contributed by atoms with Gasteiger partial charge >= 0.3 is 0 Å². The van der Waals surface area contributed by atoms with Crippen molar-refractivity contribution >= 4 is 40.1 Å². The highest BCUT2D eigenvalue weighted by atomic mass is 32.2. The minimum absolute atomic E-state index is 0.0219. The van der Waals surface area contributed by atoms with Gasteiger partial charge in [-0.1, -0.05) is 11.8 Å². The monoisotopic (exact) mass is 456 g/mol. The molecule has 0 spiro atoms. The molecule has 1 aliphatic rings. The van der Waals surface area contributed by atoms with Crippen molar-refractivity contribution in [1.29, 1.82) is 0 Å². The first-order valence-electron chi connectivity index (χ1n) is 9.69. The van der Waals surface area contributed by atoms with E-state index in [0.717, 1.165) is 11.3 Å². The third-order valence-electron chi connectivity index (χ3n) is 4.63. The molecule has 0 aromatic heterocycles. The summed E-state index contributed by atoms with van der Waals surface area (Å²) >= 11 is 1.17. The summed E-state index contributed by atoms with van der Waals surface area (Å²) in [6.07, 6.45) is -0.0219. The van der Waals surface area contributed by atoms with Crippen molar-refractivity contribution in [3.63, 3.8) is 0 Å². The van der Waals surface area contributed by atoms with Crippen LogP contribution in [0.3, 0.4) is 0 Å². The lowest BCUT2D eigenvalue weighted by Gasteiger charge is -2.12. The quantitative estimate of drug-likeness (QED) is 0.467. The predicted molar refractivity (Wildman–Crippen MR) is 125 cm³/mol. The van der Waals surface area contributed by atoms with Crippen LogP contribution in [0.5, 0.6) is 17.2 Å². The summed E-state index contributed by atoms with van der Waals surface area (Å²) in [6, 6.07) is 12.5. The minimum Gasteiger partial charge on any atom is -0.497 e. The van der Waals surface area contributed by atoms with Crippen molar-refractivity contribution in [3.05, 3.63) is 48.0 Å². The van der Waals surface area contributed by atoms with Crippen LogP contribution < -0.4 is 24.8 Å². The van der Waals surface area contributed by atoms with E-state index in [4.69, 9.17) is 14.2 Å². The third-order valence-corrected chi connectivity index (χ3v) is 5.70. The Morgan fingerprint density at radius 1 is 1.06 bits per heavy atom. The maximum Gasteiger partial charge on any atom is 0.240 e. The number of amidine groups is 1. The maximum absolute atomic E-state index is 12.5. The number of nitrogens with zero attached hydrogens (tertiary/aromatic N) is 2. The van der Waals surface area contributed by atoms with Crippen LogP contribution in [0.25, 0.3) is 0 Å². The Morgan fingerprint density at radius 2 is 1.75 bits per heavy atom. The number of carbonyl (C=O) groups excluding carboxylic acids is 2. The molecule has 1 saturated heterocycles. The normalized spacial score (nSPS) is 17.1. The van der Waals surface area contributed by atoms with Crippen LogP contribution in [0.2, 0.25) is 0 Å². The first-order valence-corrected chi connectivity index (χ1v) is 10.6. The zero-order valence-corrected chi connectivity index (χ0v) is 19.0. The first kappa shape index (κ1) is 23.1. The van der Waals surface area contributed by atoms with Crippen LogP contribution in [0, 0.1) is 0 Å². The number of nitrogens with one attached hydrogen (secondary N) is 2. The van der Waals surface area contributed by atoms with E-state index in [1.165, 1.54) is 18.9 Å². The fraction of sp³-hybridized carbons (Fsp3) is 0.273. The Morgan fingerprint density at radius 3 is 2.41 bits per heavy atom. The minimum atomic E-state index is -0.602. The lowest BCUT2D eigenvalue weighted by atomic mass is 10.1. The molecule has 3 rings (SSSR count). The van der Waals surface area contributed by atoms with Crippen LogP contribution >= 0.6 is 11.8 Å². The summed E-state index contributed by atoms with van der Waals surface area (Å²) in [5.41, 5.74) is 2.06. The molecule has 1 aliphatic heterocycles. The molecule has 0 bridgehead atoms. The van der Waals surface area contributed by atoms with Gasteiger partial charge in [-0.15, -0.1) is 5.10 Å². The SMILES string of the molecule is COc1ccc(/C(C)=N\N=C2/NC(=O)[C@@H](CC(=O)Nc3ccc(OC)cc3OC)S2)cc1. The molecule has 32 heavy (non-hydrogen) atoms.